The predicted octanol–water partition coefficient (Wildman–Crippen LogP) is 7.31. The Kier molecular flexibility index (Phi) is 9.85. The normalized spacial score (nSPS) is 22.2. The smallest absolute Gasteiger partial charge is 0.305 e. The molecule has 2 aromatic carbocycles. The standard InChI is InChI=1S/C38H47N3O5/c1-6-32(27-9-13-29(14-10-27)35(44)39-24-21-33(42)43)41-36(45)34(40-38(41)22-19-30(20-23-38)37(2,3)4)28-11-7-25(8-12-28)26-15-17-31(46-5)18-16-26/h7-15,17,30,32H,6,16,18-24H2,1-5H3,(H,39,44)(H,42,43)/t30?,32-,38?/m1/s1. The molecular weight excluding hydrogens is 578 g/mol. The van der Waals surface area contributed by atoms with Crippen LogP contribution in [0.2, 0.25) is 0 Å². The highest BCUT2D eigenvalue weighted by Crippen LogP contribution is 2.49. The van der Waals surface area contributed by atoms with Crippen LogP contribution in [0.3, 0.4) is 0 Å². The van der Waals surface area contributed by atoms with E-state index in [-0.39, 0.29) is 36.2 Å². The summed E-state index contributed by atoms with van der Waals surface area (Å²) < 4.78 is 5.38. The lowest BCUT2D eigenvalue weighted by molar-refractivity contribution is -0.137. The van der Waals surface area contributed by atoms with Crippen LogP contribution in [0.5, 0.6) is 0 Å². The van der Waals surface area contributed by atoms with Gasteiger partial charge in [-0.05, 0) is 84.8 Å². The van der Waals surface area contributed by atoms with Crippen LogP contribution in [0, 0.1) is 11.3 Å². The van der Waals surface area contributed by atoms with Gasteiger partial charge in [-0.3, -0.25) is 19.4 Å². The zero-order chi connectivity index (χ0) is 33.1. The van der Waals surface area contributed by atoms with Gasteiger partial charge in [-0.2, -0.15) is 0 Å². The molecule has 8 nitrogen and oxygen atoms in total. The minimum absolute atomic E-state index is 0.0474. The zero-order valence-electron chi connectivity index (χ0n) is 27.8. The Hall–Kier alpha value is -4.20. The van der Waals surface area contributed by atoms with Gasteiger partial charge in [0.1, 0.15) is 11.4 Å². The van der Waals surface area contributed by atoms with Gasteiger partial charge in [0.2, 0.25) is 0 Å². The van der Waals surface area contributed by atoms with Gasteiger partial charge in [-0.25, -0.2) is 0 Å². The first-order chi connectivity index (χ1) is 22.0. The number of methoxy groups -OCH3 is 1. The number of amides is 2. The van der Waals surface area contributed by atoms with Crippen molar-refractivity contribution in [3.8, 4) is 0 Å². The van der Waals surface area contributed by atoms with Crippen LogP contribution in [0.25, 0.3) is 5.57 Å². The fraction of sp³-hybridized carbons (Fsp3) is 0.474. The number of hydrogen-bond acceptors (Lipinski definition) is 5. The van der Waals surface area contributed by atoms with E-state index in [4.69, 9.17) is 14.8 Å². The van der Waals surface area contributed by atoms with Crippen molar-refractivity contribution >= 4 is 29.1 Å². The highest BCUT2D eigenvalue weighted by Gasteiger charge is 2.52. The van der Waals surface area contributed by atoms with Gasteiger partial charge in [0.05, 0.1) is 25.3 Å². The second-order valence-electron chi connectivity index (χ2n) is 13.8. The molecule has 0 bridgehead atoms. The molecule has 1 heterocycles. The van der Waals surface area contributed by atoms with Gasteiger partial charge in [-0.15, -0.1) is 0 Å². The van der Waals surface area contributed by atoms with E-state index < -0.39 is 11.6 Å². The summed E-state index contributed by atoms with van der Waals surface area (Å²) in [5, 5.41) is 11.5. The van der Waals surface area contributed by atoms with Crippen molar-refractivity contribution in [3.05, 3.63) is 88.7 Å². The Bertz CT molecular complexity index is 1540. The molecule has 0 radical (unpaired) electrons. The van der Waals surface area contributed by atoms with Crippen molar-refractivity contribution in [2.75, 3.05) is 13.7 Å². The number of ether oxygens (including phenoxy) is 1. The minimum atomic E-state index is -0.959. The van der Waals surface area contributed by atoms with E-state index in [1.165, 1.54) is 5.57 Å². The predicted molar refractivity (Wildman–Crippen MR) is 180 cm³/mol. The Morgan fingerprint density at radius 2 is 1.67 bits per heavy atom. The van der Waals surface area contributed by atoms with Gasteiger partial charge in [0, 0.05) is 24.1 Å². The van der Waals surface area contributed by atoms with Gasteiger partial charge in [0.15, 0.2) is 0 Å². The highest BCUT2D eigenvalue weighted by molar-refractivity contribution is 6.46. The van der Waals surface area contributed by atoms with E-state index in [0.717, 1.165) is 61.0 Å². The van der Waals surface area contributed by atoms with Gasteiger partial charge < -0.3 is 20.1 Å². The van der Waals surface area contributed by atoms with Crippen LogP contribution in [0.15, 0.2) is 71.4 Å². The van der Waals surface area contributed by atoms with Crippen molar-refractivity contribution in [2.45, 2.75) is 90.8 Å². The van der Waals surface area contributed by atoms with E-state index >= 15 is 0 Å². The zero-order valence-corrected chi connectivity index (χ0v) is 27.8. The average Bonchev–Trinajstić information content (AvgIpc) is 3.32. The third-order valence-electron chi connectivity index (χ3n) is 9.98. The molecule has 3 aliphatic rings. The third kappa shape index (κ3) is 6.96. The maximum Gasteiger partial charge on any atom is 0.305 e. The fourth-order valence-electron chi connectivity index (χ4n) is 7.21. The second-order valence-corrected chi connectivity index (χ2v) is 13.8. The number of aliphatic imine (C=N–C) groups is 1. The first kappa shape index (κ1) is 33.2. The first-order valence-corrected chi connectivity index (χ1v) is 16.5. The minimum Gasteiger partial charge on any atom is -0.501 e. The summed E-state index contributed by atoms with van der Waals surface area (Å²) in [6.45, 7) is 9.05. The molecule has 2 aromatic rings. The molecule has 46 heavy (non-hydrogen) atoms. The van der Waals surface area contributed by atoms with E-state index in [1.54, 1.807) is 19.2 Å². The Labute approximate surface area is 272 Å². The van der Waals surface area contributed by atoms with Crippen molar-refractivity contribution in [1.29, 1.82) is 0 Å². The molecular formula is C38H47N3O5. The number of benzene rings is 2. The average molecular weight is 626 g/mol. The summed E-state index contributed by atoms with van der Waals surface area (Å²) in [6.07, 6.45) is 10.1. The second kappa shape index (κ2) is 13.7. The number of aliphatic carboxylic acids is 1. The van der Waals surface area contributed by atoms with Crippen molar-refractivity contribution in [2.24, 2.45) is 16.3 Å². The number of allylic oxidation sites excluding steroid dienone is 4. The van der Waals surface area contributed by atoms with E-state index in [0.29, 0.717) is 23.6 Å². The molecule has 244 valence electrons. The van der Waals surface area contributed by atoms with Crippen molar-refractivity contribution < 1.29 is 24.2 Å². The van der Waals surface area contributed by atoms with E-state index in [9.17, 15) is 14.4 Å². The molecule has 8 heteroatoms. The lowest BCUT2D eigenvalue weighted by Crippen LogP contribution is -2.51. The summed E-state index contributed by atoms with van der Waals surface area (Å²) in [7, 11) is 1.70. The monoisotopic (exact) mass is 625 g/mol. The summed E-state index contributed by atoms with van der Waals surface area (Å²) in [5.41, 5.74) is 4.72. The first-order valence-electron chi connectivity index (χ1n) is 16.5. The number of rotatable bonds is 10. The number of hydrogen-bond donors (Lipinski definition) is 2. The van der Waals surface area contributed by atoms with Gasteiger partial charge in [0.25, 0.3) is 11.8 Å². The number of nitrogens with one attached hydrogen (secondary N) is 1. The van der Waals surface area contributed by atoms with Crippen molar-refractivity contribution in [1.82, 2.24) is 10.2 Å². The molecule has 1 saturated carbocycles. The molecule has 2 aliphatic carbocycles. The van der Waals surface area contributed by atoms with E-state index in [2.05, 4.69) is 51.2 Å². The largest absolute Gasteiger partial charge is 0.501 e. The van der Waals surface area contributed by atoms with Gasteiger partial charge >= 0.3 is 5.97 Å². The molecule has 1 fully saturated rings. The SMILES string of the molecule is CC[C@H](c1ccc(C(=O)NCCC(=O)O)cc1)N1C(=O)C(c2ccc(C3=CC=C(OC)CC3)cc2)=NC12CCC(C(C)(C)C)CC2. The number of carbonyl (C=O) groups is 3. The van der Waals surface area contributed by atoms with Crippen LogP contribution in [-0.4, -0.2) is 52.8 Å². The number of carbonyl (C=O) groups excluding carboxylic acids is 2. The van der Waals surface area contributed by atoms with Crippen LogP contribution in [-0.2, 0) is 14.3 Å². The molecule has 5 rings (SSSR count). The summed E-state index contributed by atoms with van der Waals surface area (Å²) in [4.78, 5) is 45.3. The van der Waals surface area contributed by atoms with Crippen LogP contribution in [0.4, 0.5) is 0 Å². The maximum absolute atomic E-state index is 14.5. The van der Waals surface area contributed by atoms with Crippen LogP contribution in [0.1, 0.15) is 112 Å². The number of carboxylic acid groups (broad SMARTS) is 1. The lowest BCUT2D eigenvalue weighted by atomic mass is 9.69. The number of nitrogens with zero attached hydrogens (tertiary/aromatic N) is 2. The maximum atomic E-state index is 14.5. The molecule has 2 amide bonds. The fourth-order valence-corrected chi connectivity index (χ4v) is 7.21. The molecule has 0 saturated heterocycles. The van der Waals surface area contributed by atoms with Gasteiger partial charge in [-0.1, -0.05) is 70.2 Å². The topological polar surface area (TPSA) is 108 Å². The lowest BCUT2D eigenvalue weighted by Gasteiger charge is -2.47. The van der Waals surface area contributed by atoms with Crippen LogP contribution < -0.4 is 5.32 Å². The molecule has 0 unspecified atom stereocenters. The van der Waals surface area contributed by atoms with Crippen LogP contribution >= 0.6 is 0 Å². The summed E-state index contributed by atoms with van der Waals surface area (Å²) in [6, 6.07) is 15.4. The van der Waals surface area contributed by atoms with Crippen molar-refractivity contribution in [3.63, 3.8) is 0 Å². The third-order valence-corrected chi connectivity index (χ3v) is 9.98. The Balaban J connectivity index is 1.43. The summed E-state index contributed by atoms with van der Waals surface area (Å²) in [5.74, 6) is 0.220. The summed E-state index contributed by atoms with van der Waals surface area (Å²) >= 11 is 0. The molecule has 2 N–H and O–H groups in total. The Morgan fingerprint density at radius 3 is 2.22 bits per heavy atom. The quantitative estimate of drug-likeness (QED) is 0.288. The number of carboxylic acids is 1. The molecule has 0 aromatic heterocycles. The van der Waals surface area contributed by atoms with E-state index in [1.807, 2.05) is 35.2 Å². The molecule has 1 aliphatic heterocycles. The Morgan fingerprint density at radius 1 is 1.02 bits per heavy atom. The molecule has 1 atom stereocenters. The molecule has 1 spiro atoms. The highest BCUT2D eigenvalue weighted by atomic mass is 16.5.